The van der Waals surface area contributed by atoms with Crippen molar-refractivity contribution in [2.45, 2.75) is 70.1 Å². The Morgan fingerprint density at radius 3 is 1.91 bits per heavy atom. The number of unbranched alkanes of at least 4 members (excludes halogenated alkanes) is 5. The monoisotopic (exact) mass is 662 g/mol. The van der Waals surface area contributed by atoms with Crippen molar-refractivity contribution in [2.24, 2.45) is 0 Å². The topological polar surface area (TPSA) is 114 Å². The number of carbonyl (C=O) groups excluding carboxylic acids is 2. The molecule has 4 N–H and O–H groups in total. The molecular formula is C35H39F5N2O5. The quantitative estimate of drug-likeness (QED) is 0.0461. The smallest absolute Gasteiger partial charge is 0.426 e. The van der Waals surface area contributed by atoms with Gasteiger partial charge in [0.05, 0.1) is 24.3 Å². The van der Waals surface area contributed by atoms with Crippen LogP contribution >= 0.6 is 0 Å². The molecule has 0 saturated carbocycles. The Balaban J connectivity index is 1.30. The summed E-state index contributed by atoms with van der Waals surface area (Å²) < 4.78 is 81.4. The van der Waals surface area contributed by atoms with Gasteiger partial charge in [0.2, 0.25) is 0 Å². The molecule has 47 heavy (non-hydrogen) atoms. The van der Waals surface area contributed by atoms with Crippen LogP contribution in [0.2, 0.25) is 0 Å². The van der Waals surface area contributed by atoms with Crippen molar-refractivity contribution in [3.8, 4) is 5.75 Å². The number of halogens is 5. The molecule has 0 aliphatic rings. The molecule has 0 saturated heterocycles. The summed E-state index contributed by atoms with van der Waals surface area (Å²) in [6.45, 7) is 0.461. The molecule has 0 bridgehead atoms. The van der Waals surface area contributed by atoms with Gasteiger partial charge in [0.25, 0.3) is 0 Å². The third-order valence-electron chi connectivity index (χ3n) is 6.98. The second kappa shape index (κ2) is 17.9. The Labute approximate surface area is 270 Å². The molecule has 0 atom stereocenters. The number of aryl methyl sites for hydroxylation is 1. The van der Waals surface area contributed by atoms with Crippen LogP contribution in [0.25, 0.3) is 6.08 Å². The van der Waals surface area contributed by atoms with Gasteiger partial charge in [-0.15, -0.1) is 0 Å². The van der Waals surface area contributed by atoms with Crippen LogP contribution in [0, 0.1) is 0 Å². The normalized spacial score (nSPS) is 11.9. The molecule has 0 aliphatic carbocycles. The maximum absolute atomic E-state index is 14.7. The second-order valence-electron chi connectivity index (χ2n) is 11.0. The minimum atomic E-state index is -4.17. The highest BCUT2D eigenvalue weighted by Gasteiger charge is 2.34. The molecular weight excluding hydrogens is 623 g/mol. The van der Waals surface area contributed by atoms with E-state index in [9.17, 15) is 31.5 Å². The maximum Gasteiger partial charge on any atom is 0.426 e. The van der Waals surface area contributed by atoms with Crippen LogP contribution in [0.5, 0.6) is 5.75 Å². The first-order valence-electron chi connectivity index (χ1n) is 15.3. The van der Waals surface area contributed by atoms with E-state index in [2.05, 4.69) is 0 Å². The number of esters is 2. The van der Waals surface area contributed by atoms with Gasteiger partial charge in [-0.25, -0.2) is 9.59 Å². The molecule has 3 aromatic carbocycles. The van der Waals surface area contributed by atoms with Crippen molar-refractivity contribution < 1.29 is 45.8 Å². The van der Waals surface area contributed by atoms with Crippen LogP contribution in [0.4, 0.5) is 33.3 Å². The highest BCUT2D eigenvalue weighted by Crippen LogP contribution is 2.32. The number of hydrogen-bond donors (Lipinski definition) is 2. The highest BCUT2D eigenvalue weighted by molar-refractivity contribution is 5.91. The van der Waals surface area contributed by atoms with Gasteiger partial charge in [0.15, 0.2) is 0 Å². The molecule has 0 aliphatic heterocycles. The van der Waals surface area contributed by atoms with Gasteiger partial charge in [-0.2, -0.15) is 22.0 Å². The Hall–Kier alpha value is -4.61. The third-order valence-corrected chi connectivity index (χ3v) is 6.98. The first-order chi connectivity index (χ1) is 22.3. The summed E-state index contributed by atoms with van der Waals surface area (Å²) >= 11 is 0. The zero-order valence-electron chi connectivity index (χ0n) is 25.9. The molecule has 12 heteroatoms. The maximum atomic E-state index is 14.7. The Morgan fingerprint density at radius 1 is 0.702 bits per heavy atom. The lowest BCUT2D eigenvalue weighted by Crippen LogP contribution is -2.21. The van der Waals surface area contributed by atoms with E-state index in [1.54, 1.807) is 6.07 Å². The Morgan fingerprint density at radius 2 is 1.30 bits per heavy atom. The van der Waals surface area contributed by atoms with E-state index >= 15 is 0 Å². The van der Waals surface area contributed by atoms with E-state index in [1.807, 2.05) is 0 Å². The lowest BCUT2D eigenvalue weighted by molar-refractivity contribution is -0.185. The Kier molecular flexibility index (Phi) is 14.0. The number of carbonyl (C=O) groups is 2. The predicted octanol–water partition coefficient (Wildman–Crippen LogP) is 8.62. The molecule has 3 rings (SSSR count). The van der Waals surface area contributed by atoms with Crippen molar-refractivity contribution in [3.63, 3.8) is 0 Å². The van der Waals surface area contributed by atoms with Gasteiger partial charge in [0.1, 0.15) is 5.75 Å². The summed E-state index contributed by atoms with van der Waals surface area (Å²) in [6.07, 6.45) is -1.56. The second-order valence-corrected chi connectivity index (χ2v) is 11.0. The number of nitrogen functional groups attached to an aromatic ring is 2. The molecule has 254 valence electrons. The van der Waals surface area contributed by atoms with Gasteiger partial charge in [-0.1, -0.05) is 30.7 Å². The van der Waals surface area contributed by atoms with E-state index < -0.39 is 30.6 Å². The summed E-state index contributed by atoms with van der Waals surface area (Å²) in [5.41, 5.74) is 13.4. The molecule has 0 aromatic heterocycles. The standard InChI is InChI=1S/C35H39F5N2O5/c36-34(37,38)19-5-3-4-8-25-9-14-28(15-10-25)35(39,40)47-31-16-11-26(12-17-31)13-18-32(43)45-20-6-1-2-7-21-46-33(44)27-22-29(41)24-30(42)23-27/h9-18,22-24H,1-8,19-21,41-42H2/b18-13+. The molecule has 7 nitrogen and oxygen atoms in total. The van der Waals surface area contributed by atoms with Crippen LogP contribution in [-0.2, 0) is 26.8 Å². The summed E-state index contributed by atoms with van der Waals surface area (Å²) in [5.74, 6) is -1.12. The van der Waals surface area contributed by atoms with Gasteiger partial charge in [-0.3, -0.25) is 0 Å². The Bertz CT molecular complexity index is 1440. The molecule has 0 fully saturated rings. The zero-order valence-corrected chi connectivity index (χ0v) is 25.9. The van der Waals surface area contributed by atoms with Crippen LogP contribution in [-0.4, -0.2) is 31.3 Å². The fourth-order valence-corrected chi connectivity index (χ4v) is 4.54. The van der Waals surface area contributed by atoms with E-state index in [4.69, 9.17) is 25.7 Å². The van der Waals surface area contributed by atoms with E-state index in [0.29, 0.717) is 54.6 Å². The van der Waals surface area contributed by atoms with Crippen molar-refractivity contribution in [1.29, 1.82) is 0 Å². The lowest BCUT2D eigenvalue weighted by atomic mass is 10.0. The van der Waals surface area contributed by atoms with Crippen molar-refractivity contribution in [2.75, 3.05) is 24.7 Å². The van der Waals surface area contributed by atoms with Gasteiger partial charge in [-0.05, 0) is 105 Å². The van der Waals surface area contributed by atoms with Crippen molar-refractivity contribution >= 4 is 29.4 Å². The highest BCUT2D eigenvalue weighted by atomic mass is 19.4. The van der Waals surface area contributed by atoms with E-state index in [0.717, 1.165) is 18.4 Å². The third kappa shape index (κ3) is 14.1. The number of rotatable bonds is 18. The zero-order chi connectivity index (χ0) is 34.3. The number of hydrogen-bond acceptors (Lipinski definition) is 7. The van der Waals surface area contributed by atoms with E-state index in [1.165, 1.54) is 72.8 Å². The molecule has 0 heterocycles. The fourth-order valence-electron chi connectivity index (χ4n) is 4.54. The van der Waals surface area contributed by atoms with Crippen LogP contribution in [0.1, 0.15) is 78.4 Å². The summed E-state index contributed by atoms with van der Waals surface area (Å²) in [7, 11) is 0. The number of nitrogens with two attached hydrogens (primary N) is 2. The molecule has 3 aromatic rings. The average Bonchev–Trinajstić information content (AvgIpc) is 3.00. The first-order valence-corrected chi connectivity index (χ1v) is 15.3. The molecule has 0 spiro atoms. The number of alkyl halides is 5. The van der Waals surface area contributed by atoms with Crippen LogP contribution in [0.3, 0.4) is 0 Å². The molecule has 0 unspecified atom stereocenters. The van der Waals surface area contributed by atoms with Crippen molar-refractivity contribution in [3.05, 3.63) is 95.1 Å². The SMILES string of the molecule is Nc1cc(N)cc(C(=O)OCCCCCCOC(=O)/C=C/c2ccc(OC(F)(F)c3ccc(CCCCCC(F)(F)F)cc3)cc2)c1. The molecule has 0 amide bonds. The lowest BCUT2D eigenvalue weighted by Gasteiger charge is -2.18. The summed E-state index contributed by atoms with van der Waals surface area (Å²) in [5, 5.41) is 0. The van der Waals surface area contributed by atoms with Crippen LogP contribution < -0.4 is 16.2 Å². The minimum Gasteiger partial charge on any atom is -0.463 e. The minimum absolute atomic E-state index is 0.0427. The summed E-state index contributed by atoms with van der Waals surface area (Å²) in [4.78, 5) is 24.1. The number of ether oxygens (including phenoxy) is 3. The number of anilines is 2. The van der Waals surface area contributed by atoms with Gasteiger partial charge < -0.3 is 25.7 Å². The summed E-state index contributed by atoms with van der Waals surface area (Å²) in [6, 6.07) is 15.8. The van der Waals surface area contributed by atoms with Crippen LogP contribution in [0.15, 0.2) is 72.8 Å². The fraction of sp³-hybridized carbons (Fsp3) is 0.371. The van der Waals surface area contributed by atoms with E-state index in [-0.39, 0.29) is 30.9 Å². The first kappa shape index (κ1) is 36.9. The predicted molar refractivity (Wildman–Crippen MR) is 170 cm³/mol. The van der Waals surface area contributed by atoms with Gasteiger partial charge in [0, 0.05) is 23.9 Å². The molecule has 0 radical (unpaired) electrons. The average molecular weight is 663 g/mol. The van der Waals surface area contributed by atoms with Gasteiger partial charge >= 0.3 is 24.2 Å². The number of benzene rings is 3. The largest absolute Gasteiger partial charge is 0.463 e. The van der Waals surface area contributed by atoms with Crippen molar-refractivity contribution in [1.82, 2.24) is 0 Å².